The van der Waals surface area contributed by atoms with Crippen LogP contribution in [0, 0.1) is 0 Å². The summed E-state index contributed by atoms with van der Waals surface area (Å²) in [5, 5.41) is 11.5. The van der Waals surface area contributed by atoms with Crippen molar-refractivity contribution in [3.8, 4) is 11.5 Å². The Kier molecular flexibility index (Phi) is 3.16. The first-order valence-electron chi connectivity index (χ1n) is 6.22. The van der Waals surface area contributed by atoms with E-state index in [1.807, 2.05) is 36.4 Å². The fourth-order valence-electron chi connectivity index (χ4n) is 2.11. The Bertz CT molecular complexity index is 715. The average molecular weight is 269 g/mol. The molecule has 3 rings (SSSR count). The van der Waals surface area contributed by atoms with Gasteiger partial charge in [0.05, 0.1) is 31.6 Å². The SMILES string of the molecule is COc1cc(Nc2cccc3cn[nH]c23)cc(OC)c1. The van der Waals surface area contributed by atoms with Crippen LogP contribution in [0.1, 0.15) is 0 Å². The number of nitrogens with one attached hydrogen (secondary N) is 2. The maximum Gasteiger partial charge on any atom is 0.124 e. The van der Waals surface area contributed by atoms with Gasteiger partial charge < -0.3 is 14.8 Å². The minimum atomic E-state index is 0.739. The Morgan fingerprint density at radius 3 is 2.50 bits per heavy atom. The van der Waals surface area contributed by atoms with Crippen molar-refractivity contribution >= 4 is 22.3 Å². The van der Waals surface area contributed by atoms with Gasteiger partial charge in [-0.1, -0.05) is 12.1 Å². The molecule has 5 heteroatoms. The Morgan fingerprint density at radius 2 is 1.80 bits per heavy atom. The number of ether oxygens (including phenoxy) is 2. The topological polar surface area (TPSA) is 59.2 Å². The molecule has 2 N–H and O–H groups in total. The van der Waals surface area contributed by atoms with Crippen molar-refractivity contribution in [1.29, 1.82) is 0 Å². The van der Waals surface area contributed by atoms with Crippen LogP contribution in [0.2, 0.25) is 0 Å². The van der Waals surface area contributed by atoms with E-state index in [0.29, 0.717) is 0 Å². The molecule has 20 heavy (non-hydrogen) atoms. The number of hydrogen-bond acceptors (Lipinski definition) is 4. The van der Waals surface area contributed by atoms with Crippen LogP contribution in [0.3, 0.4) is 0 Å². The van der Waals surface area contributed by atoms with E-state index in [9.17, 15) is 0 Å². The first-order chi connectivity index (χ1) is 9.80. The Hall–Kier alpha value is -2.69. The summed E-state index contributed by atoms with van der Waals surface area (Å²) >= 11 is 0. The molecule has 0 atom stereocenters. The number of nitrogens with zero attached hydrogens (tertiary/aromatic N) is 1. The van der Waals surface area contributed by atoms with Crippen molar-refractivity contribution in [2.24, 2.45) is 0 Å². The van der Waals surface area contributed by atoms with Crippen LogP contribution in [0.5, 0.6) is 11.5 Å². The number of aromatic nitrogens is 2. The second kappa shape index (κ2) is 5.13. The fraction of sp³-hybridized carbons (Fsp3) is 0.133. The molecule has 0 aliphatic heterocycles. The molecule has 1 aromatic heterocycles. The minimum absolute atomic E-state index is 0.739. The molecule has 3 aromatic rings. The van der Waals surface area contributed by atoms with Gasteiger partial charge in [-0.2, -0.15) is 5.10 Å². The molecule has 0 bridgehead atoms. The predicted octanol–water partition coefficient (Wildman–Crippen LogP) is 3.32. The molecular weight excluding hydrogens is 254 g/mol. The first-order valence-corrected chi connectivity index (χ1v) is 6.22. The number of methoxy groups -OCH3 is 2. The van der Waals surface area contributed by atoms with Crippen molar-refractivity contribution in [3.63, 3.8) is 0 Å². The van der Waals surface area contributed by atoms with E-state index in [-0.39, 0.29) is 0 Å². The summed E-state index contributed by atoms with van der Waals surface area (Å²) in [7, 11) is 3.27. The quantitative estimate of drug-likeness (QED) is 0.762. The first kappa shape index (κ1) is 12.3. The number of fused-ring (bicyclic) bond motifs is 1. The normalized spacial score (nSPS) is 10.5. The maximum atomic E-state index is 5.27. The summed E-state index contributed by atoms with van der Waals surface area (Å²) in [6.07, 6.45) is 1.80. The highest BCUT2D eigenvalue weighted by Crippen LogP contribution is 2.30. The molecule has 5 nitrogen and oxygen atoms in total. The van der Waals surface area contributed by atoms with Gasteiger partial charge in [0.25, 0.3) is 0 Å². The Balaban J connectivity index is 2.00. The van der Waals surface area contributed by atoms with Gasteiger partial charge in [-0.05, 0) is 6.07 Å². The van der Waals surface area contributed by atoms with Gasteiger partial charge in [-0.3, -0.25) is 5.10 Å². The van der Waals surface area contributed by atoms with Gasteiger partial charge >= 0.3 is 0 Å². The molecule has 0 aliphatic rings. The zero-order valence-corrected chi connectivity index (χ0v) is 11.3. The summed E-state index contributed by atoms with van der Waals surface area (Å²) < 4.78 is 10.5. The molecule has 1 heterocycles. The number of aromatic amines is 1. The van der Waals surface area contributed by atoms with Crippen molar-refractivity contribution in [2.45, 2.75) is 0 Å². The summed E-state index contributed by atoms with van der Waals surface area (Å²) in [5.41, 5.74) is 2.81. The summed E-state index contributed by atoms with van der Waals surface area (Å²) in [5.74, 6) is 1.48. The number of para-hydroxylation sites is 1. The van der Waals surface area contributed by atoms with Crippen LogP contribution in [0.25, 0.3) is 10.9 Å². The third-order valence-electron chi connectivity index (χ3n) is 3.11. The zero-order chi connectivity index (χ0) is 13.9. The van der Waals surface area contributed by atoms with Crippen LogP contribution in [0.4, 0.5) is 11.4 Å². The zero-order valence-electron chi connectivity index (χ0n) is 11.3. The standard InChI is InChI=1S/C15H15N3O2/c1-19-12-6-11(7-13(8-12)20-2)17-14-5-3-4-10-9-16-18-15(10)14/h3-9,17H,1-2H3,(H,16,18). The average Bonchev–Trinajstić information content (AvgIpc) is 2.96. The predicted molar refractivity (Wildman–Crippen MR) is 78.9 cm³/mol. The summed E-state index contributed by atoms with van der Waals surface area (Å²) in [6.45, 7) is 0. The van der Waals surface area contributed by atoms with E-state index in [0.717, 1.165) is 33.8 Å². The maximum absolute atomic E-state index is 5.27. The molecule has 0 aliphatic carbocycles. The van der Waals surface area contributed by atoms with Gasteiger partial charge in [0.2, 0.25) is 0 Å². The number of anilines is 2. The molecular formula is C15H15N3O2. The second-order valence-electron chi connectivity index (χ2n) is 4.37. The van der Waals surface area contributed by atoms with Crippen molar-refractivity contribution in [3.05, 3.63) is 42.6 Å². The monoisotopic (exact) mass is 269 g/mol. The van der Waals surface area contributed by atoms with E-state index in [1.54, 1.807) is 20.4 Å². The largest absolute Gasteiger partial charge is 0.497 e. The van der Waals surface area contributed by atoms with Crippen molar-refractivity contribution in [1.82, 2.24) is 10.2 Å². The highest BCUT2D eigenvalue weighted by molar-refractivity contribution is 5.91. The van der Waals surface area contributed by atoms with Crippen molar-refractivity contribution < 1.29 is 9.47 Å². The molecule has 0 fully saturated rings. The molecule has 0 unspecified atom stereocenters. The van der Waals surface area contributed by atoms with E-state index in [1.165, 1.54) is 0 Å². The second-order valence-corrected chi connectivity index (χ2v) is 4.37. The lowest BCUT2D eigenvalue weighted by molar-refractivity contribution is 0.395. The van der Waals surface area contributed by atoms with Gasteiger partial charge in [0.15, 0.2) is 0 Å². The number of H-pyrrole nitrogens is 1. The van der Waals surface area contributed by atoms with Crippen LogP contribution < -0.4 is 14.8 Å². The molecule has 2 aromatic carbocycles. The fourth-order valence-corrected chi connectivity index (χ4v) is 2.11. The lowest BCUT2D eigenvalue weighted by atomic mass is 10.2. The van der Waals surface area contributed by atoms with Crippen LogP contribution in [-0.4, -0.2) is 24.4 Å². The van der Waals surface area contributed by atoms with Gasteiger partial charge in [0, 0.05) is 29.3 Å². The van der Waals surface area contributed by atoms with E-state index >= 15 is 0 Å². The minimum Gasteiger partial charge on any atom is -0.497 e. The molecule has 0 spiro atoms. The summed E-state index contributed by atoms with van der Waals surface area (Å²) in [4.78, 5) is 0. The van der Waals surface area contributed by atoms with Crippen LogP contribution in [0.15, 0.2) is 42.6 Å². The van der Waals surface area contributed by atoms with E-state index in [2.05, 4.69) is 15.5 Å². The van der Waals surface area contributed by atoms with Gasteiger partial charge in [0.1, 0.15) is 11.5 Å². The third-order valence-corrected chi connectivity index (χ3v) is 3.11. The van der Waals surface area contributed by atoms with Crippen LogP contribution in [-0.2, 0) is 0 Å². The lowest BCUT2D eigenvalue weighted by Gasteiger charge is -2.11. The molecule has 102 valence electrons. The highest BCUT2D eigenvalue weighted by atomic mass is 16.5. The summed E-state index contributed by atoms with van der Waals surface area (Å²) in [6, 6.07) is 11.7. The molecule has 0 radical (unpaired) electrons. The Labute approximate surface area is 116 Å². The van der Waals surface area contributed by atoms with E-state index < -0.39 is 0 Å². The van der Waals surface area contributed by atoms with Gasteiger partial charge in [-0.25, -0.2) is 0 Å². The number of hydrogen-bond donors (Lipinski definition) is 2. The highest BCUT2D eigenvalue weighted by Gasteiger charge is 2.05. The third kappa shape index (κ3) is 2.25. The lowest BCUT2D eigenvalue weighted by Crippen LogP contribution is -1.94. The van der Waals surface area contributed by atoms with Crippen molar-refractivity contribution in [2.75, 3.05) is 19.5 Å². The number of benzene rings is 2. The van der Waals surface area contributed by atoms with Crippen LogP contribution >= 0.6 is 0 Å². The number of rotatable bonds is 4. The van der Waals surface area contributed by atoms with E-state index in [4.69, 9.17) is 9.47 Å². The van der Waals surface area contributed by atoms with Gasteiger partial charge in [-0.15, -0.1) is 0 Å². The molecule has 0 saturated carbocycles. The Morgan fingerprint density at radius 1 is 1.05 bits per heavy atom. The molecule has 0 saturated heterocycles. The smallest absolute Gasteiger partial charge is 0.124 e. The molecule has 0 amide bonds.